The molecule has 0 unspecified atom stereocenters. The summed E-state index contributed by atoms with van der Waals surface area (Å²) in [4.78, 5) is 4.14. The van der Waals surface area contributed by atoms with Crippen molar-refractivity contribution in [2.45, 2.75) is 11.4 Å². The summed E-state index contributed by atoms with van der Waals surface area (Å²) < 4.78 is 29.5. The topological polar surface area (TPSA) is 82.4 Å². The molecule has 0 fully saturated rings. The quantitative estimate of drug-likeness (QED) is 0.561. The van der Waals surface area contributed by atoms with Gasteiger partial charge in [0.2, 0.25) is 0 Å². The van der Waals surface area contributed by atoms with Gasteiger partial charge in [-0.1, -0.05) is 29.3 Å². The van der Waals surface area contributed by atoms with Gasteiger partial charge in [-0.25, -0.2) is 8.96 Å². The number of benzene rings is 1. The molecule has 0 bridgehead atoms. The number of hydrogen-bond acceptors (Lipinski definition) is 4. The second-order valence-corrected chi connectivity index (χ2v) is 8.32. The lowest BCUT2D eigenvalue weighted by Gasteiger charge is -2.08. The minimum atomic E-state index is -3.99. The SMILES string of the molecule is NCCc1cn(S(=O)(=O)c2c(Cl)nc3ccccn23)c2ccc(Cl)cc12. The lowest BCUT2D eigenvalue weighted by molar-refractivity contribution is 0.584. The third kappa shape index (κ3) is 2.59. The molecule has 0 saturated carbocycles. The molecule has 0 aliphatic carbocycles. The highest BCUT2D eigenvalue weighted by atomic mass is 35.5. The summed E-state index contributed by atoms with van der Waals surface area (Å²) in [7, 11) is -3.99. The van der Waals surface area contributed by atoms with Crippen LogP contribution in [-0.2, 0) is 16.4 Å². The lowest BCUT2D eigenvalue weighted by Crippen LogP contribution is -2.14. The summed E-state index contributed by atoms with van der Waals surface area (Å²) in [5.41, 5.74) is 7.45. The number of nitrogens with two attached hydrogens (primary N) is 1. The lowest BCUT2D eigenvalue weighted by atomic mass is 10.1. The van der Waals surface area contributed by atoms with Crippen LogP contribution in [-0.4, -0.2) is 28.3 Å². The third-order valence-electron chi connectivity index (χ3n) is 4.18. The van der Waals surface area contributed by atoms with E-state index in [0.29, 0.717) is 29.2 Å². The first-order chi connectivity index (χ1) is 12.4. The highest BCUT2D eigenvalue weighted by molar-refractivity contribution is 7.90. The van der Waals surface area contributed by atoms with Crippen molar-refractivity contribution < 1.29 is 8.42 Å². The van der Waals surface area contributed by atoms with Gasteiger partial charge in [-0.15, -0.1) is 0 Å². The molecule has 0 aliphatic heterocycles. The van der Waals surface area contributed by atoms with Crippen LogP contribution in [0.2, 0.25) is 10.2 Å². The highest BCUT2D eigenvalue weighted by Crippen LogP contribution is 2.31. The minimum absolute atomic E-state index is 0.0765. The van der Waals surface area contributed by atoms with Crippen LogP contribution in [0, 0.1) is 0 Å². The molecule has 0 atom stereocenters. The van der Waals surface area contributed by atoms with Gasteiger partial charge in [0.25, 0.3) is 10.0 Å². The Labute approximate surface area is 159 Å². The molecule has 0 amide bonds. The van der Waals surface area contributed by atoms with Gasteiger partial charge in [-0.3, -0.25) is 4.40 Å². The van der Waals surface area contributed by atoms with E-state index in [-0.39, 0.29) is 10.2 Å². The molecule has 0 spiro atoms. The van der Waals surface area contributed by atoms with Gasteiger partial charge in [0.15, 0.2) is 10.2 Å². The molecule has 2 N–H and O–H groups in total. The van der Waals surface area contributed by atoms with E-state index in [0.717, 1.165) is 10.9 Å². The van der Waals surface area contributed by atoms with Gasteiger partial charge in [0.05, 0.1) is 5.52 Å². The Hall–Kier alpha value is -2.06. The number of rotatable bonds is 4. The normalized spacial score (nSPS) is 12.3. The molecule has 3 aromatic heterocycles. The van der Waals surface area contributed by atoms with Crippen LogP contribution in [0.25, 0.3) is 16.6 Å². The molecular formula is C17H14Cl2N4O2S. The van der Waals surface area contributed by atoms with E-state index in [4.69, 9.17) is 28.9 Å². The molecule has 1 aromatic carbocycles. The second kappa shape index (κ2) is 6.28. The fourth-order valence-electron chi connectivity index (χ4n) is 3.06. The third-order valence-corrected chi connectivity index (χ3v) is 6.49. The zero-order chi connectivity index (χ0) is 18.5. The minimum Gasteiger partial charge on any atom is -0.330 e. The average molecular weight is 409 g/mol. The van der Waals surface area contributed by atoms with Gasteiger partial charge in [-0.05, 0) is 48.9 Å². The Bertz CT molecular complexity index is 1240. The van der Waals surface area contributed by atoms with Crippen molar-refractivity contribution in [1.82, 2.24) is 13.4 Å². The monoisotopic (exact) mass is 408 g/mol. The summed E-state index contributed by atoms with van der Waals surface area (Å²) >= 11 is 12.3. The smallest absolute Gasteiger partial charge is 0.287 e. The van der Waals surface area contributed by atoms with E-state index < -0.39 is 10.0 Å². The molecule has 0 saturated heterocycles. The highest BCUT2D eigenvalue weighted by Gasteiger charge is 2.28. The zero-order valence-electron chi connectivity index (χ0n) is 13.4. The van der Waals surface area contributed by atoms with E-state index in [9.17, 15) is 8.42 Å². The van der Waals surface area contributed by atoms with Crippen LogP contribution >= 0.6 is 23.2 Å². The Morgan fingerprint density at radius 2 is 1.96 bits per heavy atom. The van der Waals surface area contributed by atoms with E-state index >= 15 is 0 Å². The number of nitrogens with zero attached hydrogens (tertiary/aromatic N) is 3. The molecule has 4 rings (SSSR count). The first kappa shape index (κ1) is 17.4. The molecule has 0 aliphatic rings. The maximum Gasteiger partial charge on any atom is 0.287 e. The summed E-state index contributed by atoms with van der Waals surface area (Å²) in [5.74, 6) is 0. The van der Waals surface area contributed by atoms with Crippen molar-refractivity contribution in [3.8, 4) is 0 Å². The standard InChI is InChI=1S/C17H14Cl2N4O2S/c18-12-4-5-14-13(9-12)11(6-7-20)10-23(14)26(24,25)17-16(19)21-15-3-1-2-8-22(15)17/h1-5,8-10H,6-7,20H2. The first-order valence-corrected chi connectivity index (χ1v) is 10.0. The van der Waals surface area contributed by atoms with E-state index in [1.54, 1.807) is 48.8 Å². The first-order valence-electron chi connectivity index (χ1n) is 7.81. The van der Waals surface area contributed by atoms with Crippen molar-refractivity contribution in [2.24, 2.45) is 5.73 Å². The Balaban J connectivity index is 2.04. The molecule has 0 radical (unpaired) electrons. The second-order valence-electron chi connectivity index (χ2n) is 5.79. The number of fused-ring (bicyclic) bond motifs is 2. The molecular weight excluding hydrogens is 395 g/mol. The number of pyridine rings is 1. The molecule has 26 heavy (non-hydrogen) atoms. The predicted octanol–water partition coefficient (Wildman–Crippen LogP) is 3.33. The van der Waals surface area contributed by atoms with E-state index in [2.05, 4.69) is 4.98 Å². The maximum atomic E-state index is 13.4. The fraction of sp³-hybridized carbons (Fsp3) is 0.118. The van der Waals surface area contributed by atoms with Crippen LogP contribution in [0.4, 0.5) is 0 Å². The van der Waals surface area contributed by atoms with Gasteiger partial charge < -0.3 is 5.73 Å². The summed E-state index contributed by atoms with van der Waals surface area (Å²) in [6, 6.07) is 10.2. The fourth-order valence-corrected chi connectivity index (χ4v) is 5.23. The van der Waals surface area contributed by atoms with Gasteiger partial charge in [0, 0.05) is 22.8 Å². The summed E-state index contributed by atoms with van der Waals surface area (Å²) in [6.07, 6.45) is 3.71. The van der Waals surface area contributed by atoms with Crippen molar-refractivity contribution in [3.63, 3.8) is 0 Å². The van der Waals surface area contributed by atoms with Crippen molar-refractivity contribution >= 4 is 49.8 Å². The maximum absolute atomic E-state index is 13.4. The molecule has 134 valence electrons. The van der Waals surface area contributed by atoms with Crippen LogP contribution < -0.4 is 5.73 Å². The van der Waals surface area contributed by atoms with Gasteiger partial charge >= 0.3 is 0 Å². The number of hydrogen-bond donors (Lipinski definition) is 1. The average Bonchev–Trinajstić information content (AvgIpc) is 3.13. The van der Waals surface area contributed by atoms with Crippen molar-refractivity contribution in [1.29, 1.82) is 0 Å². The van der Waals surface area contributed by atoms with Gasteiger partial charge in [0.1, 0.15) is 5.65 Å². The Morgan fingerprint density at radius 3 is 2.73 bits per heavy atom. The summed E-state index contributed by atoms with van der Waals surface area (Å²) in [5, 5.41) is 1.11. The largest absolute Gasteiger partial charge is 0.330 e. The molecule has 4 aromatic rings. The Kier molecular flexibility index (Phi) is 4.19. The van der Waals surface area contributed by atoms with Crippen LogP contribution in [0.15, 0.2) is 53.8 Å². The van der Waals surface area contributed by atoms with Gasteiger partial charge in [-0.2, -0.15) is 8.42 Å². The van der Waals surface area contributed by atoms with Crippen molar-refractivity contribution in [2.75, 3.05) is 6.54 Å². The van der Waals surface area contributed by atoms with Crippen LogP contribution in [0.5, 0.6) is 0 Å². The van der Waals surface area contributed by atoms with Crippen molar-refractivity contribution in [3.05, 3.63) is 64.5 Å². The van der Waals surface area contributed by atoms with Crippen LogP contribution in [0.3, 0.4) is 0 Å². The Morgan fingerprint density at radius 1 is 1.15 bits per heavy atom. The molecule has 9 heteroatoms. The van der Waals surface area contributed by atoms with E-state index in [1.165, 1.54) is 8.37 Å². The predicted molar refractivity (Wildman–Crippen MR) is 102 cm³/mol. The molecule has 3 heterocycles. The summed E-state index contributed by atoms with van der Waals surface area (Å²) in [6.45, 7) is 0.391. The van der Waals surface area contributed by atoms with E-state index in [1.807, 2.05) is 0 Å². The van der Waals surface area contributed by atoms with Crippen LogP contribution in [0.1, 0.15) is 5.56 Å². The number of imidazole rings is 1. The zero-order valence-corrected chi connectivity index (χ0v) is 15.8. The number of halogens is 2. The molecule has 6 nitrogen and oxygen atoms in total. The number of aromatic nitrogens is 3.